The second-order valence-electron chi connectivity index (χ2n) is 5.14. The molecule has 0 aliphatic rings. The maximum Gasteiger partial charge on any atom is 0.122 e. The minimum Gasteiger partial charge on any atom is -0.491 e. The van der Waals surface area contributed by atoms with Gasteiger partial charge in [0.05, 0.1) is 0 Å². The number of aryl methyl sites for hydroxylation is 1. The molecule has 3 N–H and O–H groups in total. The molecule has 4 heteroatoms. The second kappa shape index (κ2) is 7.46. The number of halogens is 1. The lowest BCUT2D eigenvalue weighted by Crippen LogP contribution is -2.40. The summed E-state index contributed by atoms with van der Waals surface area (Å²) in [4.78, 5) is 0. The molecule has 3 nitrogen and oxygen atoms in total. The Labute approximate surface area is 130 Å². The van der Waals surface area contributed by atoms with E-state index in [1.807, 2.05) is 43.3 Å². The summed E-state index contributed by atoms with van der Waals surface area (Å²) in [6.45, 7) is 2.08. The van der Waals surface area contributed by atoms with Crippen molar-refractivity contribution in [2.75, 3.05) is 6.61 Å². The normalized spacial score (nSPS) is 13.7. The van der Waals surface area contributed by atoms with Crippen molar-refractivity contribution < 1.29 is 9.84 Å². The molecule has 0 aliphatic heterocycles. The Kier molecular flexibility index (Phi) is 5.62. The van der Waals surface area contributed by atoms with E-state index in [1.165, 1.54) is 0 Å². The highest BCUT2D eigenvalue weighted by molar-refractivity contribution is 6.30. The van der Waals surface area contributed by atoms with Crippen molar-refractivity contribution in [2.45, 2.75) is 25.5 Å². The average molecular weight is 306 g/mol. The summed E-state index contributed by atoms with van der Waals surface area (Å²) in [5.74, 6) is 0.713. The number of ether oxygens (including phenoxy) is 1. The third kappa shape index (κ3) is 4.74. The summed E-state index contributed by atoms with van der Waals surface area (Å²) in [5, 5.41) is 10.8. The highest BCUT2D eigenvalue weighted by atomic mass is 35.5. The second-order valence-corrected chi connectivity index (χ2v) is 5.58. The number of benzene rings is 2. The zero-order valence-corrected chi connectivity index (χ0v) is 12.8. The van der Waals surface area contributed by atoms with Crippen LogP contribution in [0.4, 0.5) is 0 Å². The van der Waals surface area contributed by atoms with Gasteiger partial charge in [-0.25, -0.2) is 0 Å². The standard InChI is InChI=1S/C17H20ClNO2/c1-12-9-14(18)7-8-17(12)21-11-16(20)15(19)10-13-5-3-2-4-6-13/h2-9,15-16,20H,10-11,19H2,1H3. The van der Waals surface area contributed by atoms with E-state index >= 15 is 0 Å². The molecule has 0 saturated heterocycles. The fraction of sp³-hybridized carbons (Fsp3) is 0.294. The number of rotatable bonds is 6. The van der Waals surface area contributed by atoms with Crippen LogP contribution in [0.5, 0.6) is 5.75 Å². The minimum absolute atomic E-state index is 0.163. The molecular formula is C17H20ClNO2. The molecule has 112 valence electrons. The van der Waals surface area contributed by atoms with E-state index in [4.69, 9.17) is 22.1 Å². The molecule has 2 rings (SSSR count). The van der Waals surface area contributed by atoms with Gasteiger partial charge >= 0.3 is 0 Å². The SMILES string of the molecule is Cc1cc(Cl)ccc1OCC(O)C(N)Cc1ccccc1. The maximum absolute atomic E-state index is 10.1. The van der Waals surface area contributed by atoms with Gasteiger partial charge in [0.2, 0.25) is 0 Å². The van der Waals surface area contributed by atoms with Gasteiger partial charge in [0.1, 0.15) is 18.5 Å². The number of aliphatic hydroxyl groups is 1. The Morgan fingerprint density at radius 2 is 1.90 bits per heavy atom. The summed E-state index contributed by atoms with van der Waals surface area (Å²) in [5.41, 5.74) is 8.06. The average Bonchev–Trinajstić information content (AvgIpc) is 2.47. The molecule has 2 atom stereocenters. The molecule has 0 aromatic heterocycles. The Morgan fingerprint density at radius 1 is 1.19 bits per heavy atom. The third-order valence-corrected chi connectivity index (χ3v) is 3.59. The van der Waals surface area contributed by atoms with Crippen LogP contribution in [0.15, 0.2) is 48.5 Å². The van der Waals surface area contributed by atoms with Crippen molar-refractivity contribution in [3.63, 3.8) is 0 Å². The van der Waals surface area contributed by atoms with Crippen molar-refractivity contribution >= 4 is 11.6 Å². The zero-order chi connectivity index (χ0) is 15.2. The maximum atomic E-state index is 10.1. The van der Waals surface area contributed by atoms with Crippen molar-refractivity contribution in [1.29, 1.82) is 0 Å². The van der Waals surface area contributed by atoms with Crippen LogP contribution in [0, 0.1) is 6.92 Å². The van der Waals surface area contributed by atoms with Gasteiger partial charge in [0.25, 0.3) is 0 Å². The van der Waals surface area contributed by atoms with Crippen LogP contribution in [-0.2, 0) is 6.42 Å². The first-order valence-electron chi connectivity index (χ1n) is 6.93. The fourth-order valence-electron chi connectivity index (χ4n) is 2.10. The van der Waals surface area contributed by atoms with Crippen LogP contribution >= 0.6 is 11.6 Å². The van der Waals surface area contributed by atoms with E-state index in [1.54, 1.807) is 12.1 Å². The van der Waals surface area contributed by atoms with E-state index < -0.39 is 6.10 Å². The van der Waals surface area contributed by atoms with Crippen LogP contribution < -0.4 is 10.5 Å². The lowest BCUT2D eigenvalue weighted by atomic mass is 10.0. The van der Waals surface area contributed by atoms with E-state index in [0.29, 0.717) is 17.2 Å². The van der Waals surface area contributed by atoms with E-state index in [9.17, 15) is 5.11 Å². The van der Waals surface area contributed by atoms with Crippen LogP contribution in [0.25, 0.3) is 0 Å². The Hall–Kier alpha value is -1.55. The number of hydrogen-bond acceptors (Lipinski definition) is 3. The Bertz CT molecular complexity index is 574. The summed E-state index contributed by atoms with van der Waals surface area (Å²) in [7, 11) is 0. The predicted octanol–water partition coefficient (Wildman–Crippen LogP) is 2.96. The minimum atomic E-state index is -0.722. The molecule has 2 unspecified atom stereocenters. The van der Waals surface area contributed by atoms with Crippen LogP contribution in [0.1, 0.15) is 11.1 Å². The molecule has 0 bridgehead atoms. The molecule has 2 aromatic carbocycles. The molecule has 0 spiro atoms. The van der Waals surface area contributed by atoms with E-state index in [0.717, 1.165) is 11.1 Å². The lowest BCUT2D eigenvalue weighted by Gasteiger charge is -2.20. The number of hydrogen-bond donors (Lipinski definition) is 2. The summed E-state index contributed by atoms with van der Waals surface area (Å²) in [6, 6.07) is 14.9. The number of aliphatic hydroxyl groups excluding tert-OH is 1. The first-order chi connectivity index (χ1) is 10.1. The predicted molar refractivity (Wildman–Crippen MR) is 85.8 cm³/mol. The van der Waals surface area contributed by atoms with E-state index in [-0.39, 0.29) is 12.6 Å². The first-order valence-corrected chi connectivity index (χ1v) is 7.30. The fourth-order valence-corrected chi connectivity index (χ4v) is 2.32. The molecule has 2 aromatic rings. The topological polar surface area (TPSA) is 55.5 Å². The van der Waals surface area contributed by atoms with Gasteiger partial charge in [-0.1, -0.05) is 41.9 Å². The van der Waals surface area contributed by atoms with Crippen LogP contribution in [0.2, 0.25) is 5.02 Å². The van der Waals surface area contributed by atoms with Gasteiger partial charge < -0.3 is 15.6 Å². The third-order valence-electron chi connectivity index (χ3n) is 3.36. The van der Waals surface area contributed by atoms with Crippen molar-refractivity contribution in [1.82, 2.24) is 0 Å². The van der Waals surface area contributed by atoms with Crippen LogP contribution in [-0.4, -0.2) is 23.9 Å². The monoisotopic (exact) mass is 305 g/mol. The first kappa shape index (κ1) is 15.8. The molecule has 0 amide bonds. The van der Waals surface area contributed by atoms with Gasteiger partial charge in [-0.05, 0) is 42.7 Å². The molecule has 0 heterocycles. The van der Waals surface area contributed by atoms with Crippen LogP contribution in [0.3, 0.4) is 0 Å². The van der Waals surface area contributed by atoms with Crippen molar-refractivity contribution in [3.8, 4) is 5.75 Å². The van der Waals surface area contributed by atoms with Gasteiger partial charge in [-0.2, -0.15) is 0 Å². The van der Waals surface area contributed by atoms with E-state index in [2.05, 4.69) is 0 Å². The molecule has 21 heavy (non-hydrogen) atoms. The van der Waals surface area contributed by atoms with Gasteiger partial charge in [-0.15, -0.1) is 0 Å². The molecule has 0 aliphatic carbocycles. The van der Waals surface area contributed by atoms with Gasteiger partial charge in [0.15, 0.2) is 0 Å². The quantitative estimate of drug-likeness (QED) is 0.862. The van der Waals surface area contributed by atoms with Gasteiger partial charge in [0, 0.05) is 11.1 Å². The molecular weight excluding hydrogens is 286 g/mol. The van der Waals surface area contributed by atoms with Crippen molar-refractivity contribution in [2.24, 2.45) is 5.73 Å². The summed E-state index contributed by atoms with van der Waals surface area (Å²) in [6.07, 6.45) is -0.106. The number of nitrogens with two attached hydrogens (primary N) is 1. The molecule has 0 radical (unpaired) electrons. The van der Waals surface area contributed by atoms with Crippen molar-refractivity contribution in [3.05, 3.63) is 64.7 Å². The van der Waals surface area contributed by atoms with Gasteiger partial charge in [-0.3, -0.25) is 0 Å². The highest BCUT2D eigenvalue weighted by Crippen LogP contribution is 2.22. The molecule has 0 fully saturated rings. The largest absolute Gasteiger partial charge is 0.491 e. The highest BCUT2D eigenvalue weighted by Gasteiger charge is 2.16. The Morgan fingerprint density at radius 3 is 2.57 bits per heavy atom. The lowest BCUT2D eigenvalue weighted by molar-refractivity contribution is 0.0848. The Balaban J connectivity index is 1.87. The smallest absolute Gasteiger partial charge is 0.122 e. The molecule has 0 saturated carbocycles. The summed E-state index contributed by atoms with van der Waals surface area (Å²) < 4.78 is 5.62. The summed E-state index contributed by atoms with van der Waals surface area (Å²) >= 11 is 5.90. The zero-order valence-electron chi connectivity index (χ0n) is 12.0.